The monoisotopic (exact) mass is 377 g/mol. The van der Waals surface area contributed by atoms with Crippen molar-refractivity contribution in [2.45, 2.75) is 24.9 Å². The highest BCUT2D eigenvalue weighted by Gasteiger charge is 2.31. The predicted octanol–water partition coefficient (Wildman–Crippen LogP) is 2.73. The Morgan fingerprint density at radius 2 is 1.78 bits per heavy atom. The maximum atomic E-state index is 12.7. The van der Waals surface area contributed by atoms with E-state index in [1.807, 2.05) is 4.90 Å². The topological polar surface area (TPSA) is 62.2 Å². The Morgan fingerprint density at radius 1 is 1.04 bits per heavy atom. The van der Waals surface area contributed by atoms with Gasteiger partial charge in [0, 0.05) is 44.0 Å². The Bertz CT molecular complexity index is 828. The summed E-state index contributed by atoms with van der Waals surface area (Å²) in [6.45, 7) is 1.93. The second kappa shape index (κ2) is 6.79. The third-order valence-corrected chi connectivity index (χ3v) is 4.87. The van der Waals surface area contributed by atoms with Gasteiger partial charge in [0.2, 0.25) is 0 Å². The van der Waals surface area contributed by atoms with Gasteiger partial charge in [-0.15, -0.1) is 0 Å². The normalized spacial score (nSPS) is 17.9. The summed E-state index contributed by atoms with van der Waals surface area (Å²) in [6.07, 6.45) is 0.0802. The van der Waals surface area contributed by atoms with Gasteiger partial charge in [-0.2, -0.15) is 13.2 Å². The van der Waals surface area contributed by atoms with Crippen molar-refractivity contribution in [1.82, 2.24) is 19.9 Å². The summed E-state index contributed by atoms with van der Waals surface area (Å²) in [5, 5.41) is 0. The fourth-order valence-electron chi connectivity index (χ4n) is 3.13. The quantitative estimate of drug-likeness (QED) is 0.823. The van der Waals surface area contributed by atoms with Crippen LogP contribution in [0.3, 0.4) is 0 Å². The number of hydrogen-bond donors (Lipinski definition) is 0. The standard InChI is InChI=1S/C18H18F3N5O/c19-18(20,21)13-3-4-16(22-10-13)25-5-7-26(8-6-25)17(27)15-9-14(12-1-2-12)23-11-24-15/h3-4,9-12H,1-2,5-8H2. The van der Waals surface area contributed by atoms with Crippen molar-refractivity contribution < 1.29 is 18.0 Å². The SMILES string of the molecule is O=C(c1cc(C2CC2)ncn1)N1CCN(c2ccc(C(F)(F)F)cn2)CC1. The number of alkyl halides is 3. The highest BCUT2D eigenvalue weighted by atomic mass is 19.4. The van der Waals surface area contributed by atoms with E-state index >= 15 is 0 Å². The smallest absolute Gasteiger partial charge is 0.353 e. The minimum absolute atomic E-state index is 0.140. The number of anilines is 1. The highest BCUT2D eigenvalue weighted by Crippen LogP contribution is 2.38. The molecule has 2 aliphatic rings. The van der Waals surface area contributed by atoms with E-state index in [0.29, 0.717) is 43.6 Å². The Labute approximate surface area is 154 Å². The van der Waals surface area contributed by atoms with Crippen LogP contribution in [0.2, 0.25) is 0 Å². The van der Waals surface area contributed by atoms with E-state index in [-0.39, 0.29) is 5.91 Å². The first-order chi connectivity index (χ1) is 12.9. The zero-order valence-corrected chi connectivity index (χ0v) is 14.5. The molecule has 6 nitrogen and oxygen atoms in total. The number of carbonyl (C=O) groups is 1. The molecule has 0 N–H and O–H groups in total. The van der Waals surface area contributed by atoms with Gasteiger partial charge in [0.1, 0.15) is 17.8 Å². The molecule has 0 bridgehead atoms. The van der Waals surface area contributed by atoms with Crippen molar-refractivity contribution >= 4 is 11.7 Å². The summed E-state index contributed by atoms with van der Waals surface area (Å²) in [7, 11) is 0. The minimum atomic E-state index is -4.40. The van der Waals surface area contributed by atoms with E-state index in [2.05, 4.69) is 15.0 Å². The van der Waals surface area contributed by atoms with Crippen LogP contribution in [0.1, 0.15) is 40.5 Å². The summed E-state index contributed by atoms with van der Waals surface area (Å²) < 4.78 is 37.9. The molecular formula is C18H18F3N5O. The predicted molar refractivity (Wildman–Crippen MR) is 91.4 cm³/mol. The molecule has 1 aliphatic heterocycles. The van der Waals surface area contributed by atoms with Crippen molar-refractivity contribution in [1.29, 1.82) is 0 Å². The lowest BCUT2D eigenvalue weighted by molar-refractivity contribution is -0.137. The van der Waals surface area contributed by atoms with Crippen LogP contribution in [-0.2, 0) is 6.18 Å². The molecule has 0 spiro atoms. The van der Waals surface area contributed by atoms with Crippen LogP contribution in [0, 0.1) is 0 Å². The number of pyridine rings is 1. The van der Waals surface area contributed by atoms with Crippen LogP contribution in [0.4, 0.5) is 19.0 Å². The average molecular weight is 377 g/mol. The highest BCUT2D eigenvalue weighted by molar-refractivity contribution is 5.92. The molecule has 2 aromatic heterocycles. The van der Waals surface area contributed by atoms with Crippen molar-refractivity contribution in [3.05, 3.63) is 47.7 Å². The van der Waals surface area contributed by atoms with Gasteiger partial charge >= 0.3 is 6.18 Å². The summed E-state index contributed by atoms with van der Waals surface area (Å²) >= 11 is 0. The first-order valence-corrected chi connectivity index (χ1v) is 8.81. The van der Waals surface area contributed by atoms with E-state index in [9.17, 15) is 18.0 Å². The first kappa shape index (κ1) is 17.7. The van der Waals surface area contributed by atoms with E-state index in [1.54, 1.807) is 11.0 Å². The van der Waals surface area contributed by atoms with Gasteiger partial charge in [0.15, 0.2) is 0 Å². The molecule has 0 unspecified atom stereocenters. The molecule has 3 heterocycles. The number of piperazine rings is 1. The molecular weight excluding hydrogens is 359 g/mol. The Morgan fingerprint density at radius 3 is 2.37 bits per heavy atom. The molecule has 1 amide bonds. The average Bonchev–Trinajstić information content (AvgIpc) is 3.52. The molecule has 9 heteroatoms. The number of aromatic nitrogens is 3. The Hall–Kier alpha value is -2.71. The van der Waals surface area contributed by atoms with Gasteiger partial charge < -0.3 is 9.80 Å². The lowest BCUT2D eigenvalue weighted by Crippen LogP contribution is -2.49. The van der Waals surface area contributed by atoms with Crippen LogP contribution in [0.5, 0.6) is 0 Å². The number of nitrogens with zero attached hydrogens (tertiary/aromatic N) is 5. The molecule has 27 heavy (non-hydrogen) atoms. The van der Waals surface area contributed by atoms with E-state index in [4.69, 9.17) is 0 Å². The number of rotatable bonds is 3. The second-order valence-electron chi connectivity index (χ2n) is 6.78. The molecule has 0 radical (unpaired) electrons. The zero-order valence-electron chi connectivity index (χ0n) is 14.5. The molecule has 0 atom stereocenters. The molecule has 2 aromatic rings. The number of halogens is 3. The fraction of sp³-hybridized carbons (Fsp3) is 0.444. The van der Waals surface area contributed by atoms with Gasteiger partial charge in [0.05, 0.1) is 5.56 Å². The molecule has 0 aromatic carbocycles. The van der Waals surface area contributed by atoms with Gasteiger partial charge in [-0.1, -0.05) is 0 Å². The molecule has 4 rings (SSSR count). The fourth-order valence-corrected chi connectivity index (χ4v) is 3.13. The van der Waals surface area contributed by atoms with Crippen molar-refractivity contribution in [3.63, 3.8) is 0 Å². The molecule has 2 fully saturated rings. The van der Waals surface area contributed by atoms with Crippen LogP contribution < -0.4 is 4.90 Å². The van der Waals surface area contributed by atoms with Crippen molar-refractivity contribution in [2.24, 2.45) is 0 Å². The van der Waals surface area contributed by atoms with Gasteiger partial charge in [0.25, 0.3) is 5.91 Å². The largest absolute Gasteiger partial charge is 0.417 e. The minimum Gasteiger partial charge on any atom is -0.353 e. The number of amides is 1. The first-order valence-electron chi connectivity index (χ1n) is 8.81. The summed E-state index contributed by atoms with van der Waals surface area (Å²) in [5.41, 5.74) is 0.546. The summed E-state index contributed by atoms with van der Waals surface area (Å²) in [4.78, 5) is 28.5. The Kier molecular flexibility index (Phi) is 4.45. The van der Waals surface area contributed by atoms with Crippen LogP contribution in [0.25, 0.3) is 0 Å². The summed E-state index contributed by atoms with van der Waals surface area (Å²) in [5.74, 6) is 0.787. The van der Waals surface area contributed by atoms with Gasteiger partial charge in [-0.25, -0.2) is 15.0 Å². The second-order valence-corrected chi connectivity index (χ2v) is 6.78. The van der Waals surface area contributed by atoms with E-state index in [0.717, 1.165) is 30.8 Å². The van der Waals surface area contributed by atoms with E-state index < -0.39 is 11.7 Å². The maximum Gasteiger partial charge on any atom is 0.417 e. The molecule has 1 saturated carbocycles. The number of hydrogen-bond acceptors (Lipinski definition) is 5. The molecule has 142 valence electrons. The third-order valence-electron chi connectivity index (χ3n) is 4.87. The Balaban J connectivity index is 1.38. The van der Waals surface area contributed by atoms with Crippen LogP contribution in [-0.4, -0.2) is 51.9 Å². The summed E-state index contributed by atoms with van der Waals surface area (Å²) in [6, 6.07) is 4.16. The van der Waals surface area contributed by atoms with Gasteiger partial charge in [-0.3, -0.25) is 4.79 Å². The van der Waals surface area contributed by atoms with Crippen LogP contribution in [0.15, 0.2) is 30.7 Å². The third kappa shape index (κ3) is 3.86. The molecule has 1 aliphatic carbocycles. The van der Waals surface area contributed by atoms with Crippen LogP contribution >= 0.6 is 0 Å². The lowest BCUT2D eigenvalue weighted by atomic mass is 10.2. The van der Waals surface area contributed by atoms with Gasteiger partial charge in [-0.05, 0) is 31.0 Å². The van der Waals surface area contributed by atoms with Crippen molar-refractivity contribution in [2.75, 3.05) is 31.1 Å². The maximum absolute atomic E-state index is 12.7. The lowest BCUT2D eigenvalue weighted by Gasteiger charge is -2.35. The van der Waals surface area contributed by atoms with E-state index in [1.165, 1.54) is 12.4 Å². The zero-order chi connectivity index (χ0) is 19.0. The number of carbonyl (C=O) groups excluding carboxylic acids is 1. The molecule has 1 saturated heterocycles. The van der Waals surface area contributed by atoms with Crippen molar-refractivity contribution in [3.8, 4) is 0 Å².